The van der Waals surface area contributed by atoms with Gasteiger partial charge in [0.15, 0.2) is 0 Å². The van der Waals surface area contributed by atoms with E-state index in [9.17, 15) is 10.1 Å². The Morgan fingerprint density at radius 2 is 1.82 bits per heavy atom. The fourth-order valence-electron chi connectivity index (χ4n) is 5.02. The first-order valence-corrected chi connectivity index (χ1v) is 11.1. The van der Waals surface area contributed by atoms with Crippen LogP contribution in [0.15, 0.2) is 72.8 Å². The van der Waals surface area contributed by atoms with Gasteiger partial charge in [0.2, 0.25) is 0 Å². The molecular formula is C27H26N2O4. The molecule has 2 aliphatic rings. The van der Waals surface area contributed by atoms with E-state index >= 15 is 0 Å². The molecule has 3 aromatic rings. The van der Waals surface area contributed by atoms with Crippen LogP contribution in [0.1, 0.15) is 40.6 Å². The zero-order valence-corrected chi connectivity index (χ0v) is 18.7. The number of ether oxygens (including phenoxy) is 2. The van der Waals surface area contributed by atoms with Crippen molar-refractivity contribution in [3.63, 3.8) is 0 Å². The highest BCUT2D eigenvalue weighted by Crippen LogP contribution is 2.53. The molecule has 1 aliphatic carbocycles. The Labute approximate surface area is 193 Å². The molecule has 0 saturated carbocycles. The summed E-state index contributed by atoms with van der Waals surface area (Å²) in [4.78, 5) is 10.4. The molecule has 1 N–H and O–H groups in total. The molecule has 0 saturated heterocycles. The molecule has 0 amide bonds. The molecule has 1 heterocycles. The first kappa shape index (κ1) is 21.1. The van der Waals surface area contributed by atoms with Gasteiger partial charge in [0.1, 0.15) is 18.1 Å². The lowest BCUT2D eigenvalue weighted by molar-refractivity contribution is -0.384. The van der Waals surface area contributed by atoms with Crippen LogP contribution in [-0.4, -0.2) is 12.0 Å². The first-order chi connectivity index (χ1) is 16.0. The van der Waals surface area contributed by atoms with E-state index in [4.69, 9.17) is 9.47 Å². The molecule has 0 unspecified atom stereocenters. The smallest absolute Gasteiger partial charge is 0.269 e. The van der Waals surface area contributed by atoms with Crippen LogP contribution >= 0.6 is 0 Å². The average Bonchev–Trinajstić information content (AvgIpc) is 3.33. The van der Waals surface area contributed by atoms with Crippen LogP contribution in [0.4, 0.5) is 11.4 Å². The summed E-state index contributed by atoms with van der Waals surface area (Å²) in [7, 11) is 1.72. The van der Waals surface area contributed by atoms with Crippen molar-refractivity contribution < 1.29 is 14.4 Å². The molecule has 3 atom stereocenters. The maximum atomic E-state index is 10.8. The molecule has 1 aliphatic heterocycles. The number of benzene rings is 3. The molecule has 0 bridgehead atoms. The van der Waals surface area contributed by atoms with Gasteiger partial charge in [-0.1, -0.05) is 30.4 Å². The van der Waals surface area contributed by atoms with E-state index in [-0.39, 0.29) is 11.7 Å². The lowest BCUT2D eigenvalue weighted by Gasteiger charge is -2.39. The van der Waals surface area contributed by atoms with Gasteiger partial charge >= 0.3 is 0 Å². The number of aryl methyl sites for hydroxylation is 1. The minimum atomic E-state index is -0.400. The third-order valence-corrected chi connectivity index (χ3v) is 6.71. The number of fused-ring (bicyclic) bond motifs is 3. The SMILES string of the molecule is COc1ccc(C)c2c1N[C@H](c1ccc(OCc3ccc([N+](=O)[O-])cc3)cc1)[C@H]1CC=C[C@@H]21. The van der Waals surface area contributed by atoms with Crippen LogP contribution in [0.5, 0.6) is 11.5 Å². The van der Waals surface area contributed by atoms with Gasteiger partial charge in [0.25, 0.3) is 5.69 Å². The van der Waals surface area contributed by atoms with Crippen molar-refractivity contribution in [1.29, 1.82) is 0 Å². The number of nitro groups is 1. The third kappa shape index (κ3) is 3.93. The predicted octanol–water partition coefficient (Wildman–Crippen LogP) is 6.32. The van der Waals surface area contributed by atoms with E-state index in [0.29, 0.717) is 18.4 Å². The highest BCUT2D eigenvalue weighted by Gasteiger charge is 2.39. The minimum Gasteiger partial charge on any atom is -0.495 e. The zero-order chi connectivity index (χ0) is 22.9. The summed E-state index contributed by atoms with van der Waals surface area (Å²) in [6.07, 6.45) is 5.67. The monoisotopic (exact) mass is 442 g/mol. The van der Waals surface area contributed by atoms with Crippen molar-refractivity contribution >= 4 is 11.4 Å². The van der Waals surface area contributed by atoms with Crippen LogP contribution in [-0.2, 0) is 6.61 Å². The predicted molar refractivity (Wildman–Crippen MR) is 128 cm³/mol. The van der Waals surface area contributed by atoms with Crippen LogP contribution < -0.4 is 14.8 Å². The van der Waals surface area contributed by atoms with Gasteiger partial charge in [-0.3, -0.25) is 10.1 Å². The van der Waals surface area contributed by atoms with E-state index in [0.717, 1.165) is 29.2 Å². The highest BCUT2D eigenvalue weighted by atomic mass is 16.6. The summed E-state index contributed by atoms with van der Waals surface area (Å²) in [5.41, 5.74) is 5.90. The number of allylic oxidation sites excluding steroid dienone is 2. The summed E-state index contributed by atoms with van der Waals surface area (Å²) < 4.78 is 11.6. The Bertz CT molecular complexity index is 1200. The molecule has 6 nitrogen and oxygen atoms in total. The fraction of sp³-hybridized carbons (Fsp3) is 0.259. The van der Waals surface area contributed by atoms with E-state index in [2.05, 4.69) is 42.6 Å². The van der Waals surface area contributed by atoms with Gasteiger partial charge in [-0.05, 0) is 71.8 Å². The van der Waals surface area contributed by atoms with Gasteiger partial charge in [-0.2, -0.15) is 0 Å². The van der Waals surface area contributed by atoms with Gasteiger partial charge in [-0.15, -0.1) is 0 Å². The van der Waals surface area contributed by atoms with Crippen molar-refractivity contribution in [2.45, 2.75) is 31.9 Å². The Hall–Kier alpha value is -3.80. The van der Waals surface area contributed by atoms with Crippen molar-refractivity contribution in [2.24, 2.45) is 5.92 Å². The molecule has 0 aromatic heterocycles. The number of anilines is 1. The summed E-state index contributed by atoms with van der Waals surface area (Å²) in [5.74, 6) is 2.47. The summed E-state index contributed by atoms with van der Waals surface area (Å²) in [6, 6.07) is 19.0. The molecule has 6 heteroatoms. The maximum absolute atomic E-state index is 10.8. The van der Waals surface area contributed by atoms with Crippen LogP contribution in [0.3, 0.4) is 0 Å². The number of hydrogen-bond acceptors (Lipinski definition) is 5. The average molecular weight is 443 g/mol. The molecule has 5 rings (SSSR count). The molecule has 3 aromatic carbocycles. The number of rotatable bonds is 6. The highest BCUT2D eigenvalue weighted by molar-refractivity contribution is 5.69. The van der Waals surface area contributed by atoms with Gasteiger partial charge in [-0.25, -0.2) is 0 Å². The molecule has 33 heavy (non-hydrogen) atoms. The second-order valence-electron chi connectivity index (χ2n) is 8.63. The fourth-order valence-corrected chi connectivity index (χ4v) is 5.02. The molecule has 0 fully saturated rings. The van der Waals surface area contributed by atoms with Crippen LogP contribution in [0.25, 0.3) is 0 Å². The Kier molecular flexibility index (Phi) is 5.50. The minimum absolute atomic E-state index is 0.0798. The van der Waals surface area contributed by atoms with Crippen molar-refractivity contribution in [3.05, 3.63) is 105 Å². The number of nitrogens with zero attached hydrogens (tertiary/aromatic N) is 1. The number of non-ortho nitro benzene ring substituents is 1. The number of methoxy groups -OCH3 is 1. The molecule has 0 spiro atoms. The lowest BCUT2D eigenvalue weighted by Crippen LogP contribution is -2.30. The Morgan fingerprint density at radius 3 is 2.52 bits per heavy atom. The maximum Gasteiger partial charge on any atom is 0.269 e. The van der Waals surface area contributed by atoms with Crippen molar-refractivity contribution in [3.8, 4) is 11.5 Å². The number of nitro benzene ring substituents is 1. The molecular weight excluding hydrogens is 416 g/mol. The Morgan fingerprint density at radius 1 is 1.06 bits per heavy atom. The van der Waals surface area contributed by atoms with E-state index in [1.165, 1.54) is 28.8 Å². The van der Waals surface area contributed by atoms with Gasteiger partial charge in [0, 0.05) is 18.1 Å². The molecule has 0 radical (unpaired) electrons. The standard InChI is InChI=1S/C27H26N2O4/c1-17-6-15-24(32-2)27-25(17)22-4-3-5-23(22)26(28-27)19-9-13-21(14-10-19)33-16-18-7-11-20(12-8-18)29(30)31/h3-4,6-15,22-23,26,28H,5,16H2,1-2H3/t22-,23+,26-/m1/s1. The second kappa shape index (κ2) is 8.62. The summed E-state index contributed by atoms with van der Waals surface area (Å²) in [6.45, 7) is 2.53. The first-order valence-electron chi connectivity index (χ1n) is 11.1. The largest absolute Gasteiger partial charge is 0.495 e. The zero-order valence-electron chi connectivity index (χ0n) is 18.7. The van der Waals surface area contributed by atoms with Gasteiger partial charge < -0.3 is 14.8 Å². The number of hydrogen-bond donors (Lipinski definition) is 1. The number of nitrogens with one attached hydrogen (secondary N) is 1. The summed E-state index contributed by atoms with van der Waals surface area (Å²) >= 11 is 0. The Balaban J connectivity index is 1.34. The topological polar surface area (TPSA) is 73.6 Å². The van der Waals surface area contributed by atoms with Crippen molar-refractivity contribution in [2.75, 3.05) is 12.4 Å². The van der Waals surface area contributed by atoms with Crippen LogP contribution in [0.2, 0.25) is 0 Å². The second-order valence-corrected chi connectivity index (χ2v) is 8.63. The van der Waals surface area contributed by atoms with Gasteiger partial charge in [0.05, 0.1) is 23.8 Å². The van der Waals surface area contributed by atoms with Crippen LogP contribution in [0, 0.1) is 23.0 Å². The van der Waals surface area contributed by atoms with E-state index < -0.39 is 4.92 Å². The normalized spacial score (nSPS) is 20.5. The lowest BCUT2D eigenvalue weighted by atomic mass is 9.75. The molecule has 168 valence electrons. The quantitative estimate of drug-likeness (QED) is 0.275. The van der Waals surface area contributed by atoms with E-state index in [1.54, 1.807) is 19.2 Å². The third-order valence-electron chi connectivity index (χ3n) is 6.71. The summed E-state index contributed by atoms with van der Waals surface area (Å²) in [5, 5.41) is 14.6. The van der Waals surface area contributed by atoms with Crippen molar-refractivity contribution in [1.82, 2.24) is 0 Å². The van der Waals surface area contributed by atoms with E-state index in [1.807, 2.05) is 18.2 Å².